The quantitative estimate of drug-likeness (QED) is 0.738. The van der Waals surface area contributed by atoms with Crippen LogP contribution >= 0.6 is 0 Å². The van der Waals surface area contributed by atoms with Crippen molar-refractivity contribution in [3.05, 3.63) is 72.0 Å². The van der Waals surface area contributed by atoms with Crippen molar-refractivity contribution in [3.63, 3.8) is 0 Å². The molecule has 0 aliphatic rings. The molecular formula is C16H16O2. The third-order valence-electron chi connectivity index (χ3n) is 2.57. The molecule has 0 aliphatic carbocycles. The van der Waals surface area contributed by atoms with Crippen molar-refractivity contribution in [1.29, 1.82) is 0 Å². The van der Waals surface area contributed by atoms with E-state index >= 15 is 0 Å². The highest BCUT2D eigenvalue weighted by atomic mass is 16.5. The smallest absolute Gasteiger partial charge is 0.118 e. The van der Waals surface area contributed by atoms with Crippen LogP contribution in [0, 0.1) is 0 Å². The first-order valence-electron chi connectivity index (χ1n) is 5.84. The molecule has 0 radical (unpaired) electrons. The van der Waals surface area contributed by atoms with E-state index < -0.39 is 0 Å². The Kier molecular flexibility index (Phi) is 4.42. The molecule has 2 aromatic rings. The van der Waals surface area contributed by atoms with Gasteiger partial charge in [-0.05, 0) is 29.3 Å². The van der Waals surface area contributed by atoms with Crippen molar-refractivity contribution in [2.75, 3.05) is 7.11 Å². The molecule has 0 heterocycles. The number of hydrogen-bond donors (Lipinski definition) is 0. The number of ether oxygens (including phenoxy) is 2. The fourth-order valence-corrected chi connectivity index (χ4v) is 1.56. The van der Waals surface area contributed by atoms with Gasteiger partial charge in [0.25, 0.3) is 0 Å². The van der Waals surface area contributed by atoms with Gasteiger partial charge in [0.2, 0.25) is 0 Å². The van der Waals surface area contributed by atoms with E-state index in [1.165, 1.54) is 0 Å². The standard InChI is InChI=1S/C16H16O2/c1-17-16-9-7-14(8-10-16)11-12-18-13-15-5-3-2-4-6-15/h2-12H,13H2,1H3. The van der Waals surface area contributed by atoms with Crippen LogP contribution in [0.5, 0.6) is 5.75 Å². The second kappa shape index (κ2) is 6.50. The fourth-order valence-electron chi connectivity index (χ4n) is 1.56. The van der Waals surface area contributed by atoms with Gasteiger partial charge in [-0.2, -0.15) is 0 Å². The monoisotopic (exact) mass is 240 g/mol. The van der Waals surface area contributed by atoms with E-state index in [1.807, 2.05) is 60.7 Å². The van der Waals surface area contributed by atoms with E-state index in [9.17, 15) is 0 Å². The van der Waals surface area contributed by atoms with Gasteiger partial charge in [-0.25, -0.2) is 0 Å². The van der Waals surface area contributed by atoms with Crippen molar-refractivity contribution in [1.82, 2.24) is 0 Å². The molecule has 0 unspecified atom stereocenters. The van der Waals surface area contributed by atoms with Gasteiger partial charge in [0, 0.05) is 0 Å². The summed E-state index contributed by atoms with van der Waals surface area (Å²) in [5, 5.41) is 0. The highest BCUT2D eigenvalue weighted by molar-refractivity contribution is 5.49. The highest BCUT2D eigenvalue weighted by Gasteiger charge is 1.91. The first-order valence-corrected chi connectivity index (χ1v) is 5.84. The molecule has 0 spiro atoms. The Morgan fingerprint density at radius 2 is 1.67 bits per heavy atom. The molecule has 0 aliphatic heterocycles. The molecule has 0 aromatic heterocycles. The van der Waals surface area contributed by atoms with Crippen LogP contribution in [0.1, 0.15) is 11.1 Å². The summed E-state index contributed by atoms with van der Waals surface area (Å²) in [6.07, 6.45) is 3.65. The third kappa shape index (κ3) is 3.67. The van der Waals surface area contributed by atoms with Crippen LogP contribution < -0.4 is 4.74 Å². The second-order valence-electron chi connectivity index (χ2n) is 3.87. The molecule has 92 valence electrons. The molecule has 2 nitrogen and oxygen atoms in total. The summed E-state index contributed by atoms with van der Waals surface area (Å²) in [6, 6.07) is 17.9. The van der Waals surface area contributed by atoms with Gasteiger partial charge in [0.1, 0.15) is 12.4 Å². The minimum atomic E-state index is 0.591. The normalized spacial score (nSPS) is 10.5. The average Bonchev–Trinajstić information content (AvgIpc) is 2.45. The van der Waals surface area contributed by atoms with Crippen molar-refractivity contribution in [3.8, 4) is 5.75 Å². The predicted octanol–water partition coefficient (Wildman–Crippen LogP) is 3.88. The van der Waals surface area contributed by atoms with Crippen LogP contribution in [-0.4, -0.2) is 7.11 Å². The van der Waals surface area contributed by atoms with Gasteiger partial charge in [0.05, 0.1) is 13.4 Å². The summed E-state index contributed by atoms with van der Waals surface area (Å²) in [5.41, 5.74) is 2.25. The van der Waals surface area contributed by atoms with Crippen LogP contribution in [0.3, 0.4) is 0 Å². The lowest BCUT2D eigenvalue weighted by Crippen LogP contribution is -1.85. The molecule has 0 atom stereocenters. The fraction of sp³-hybridized carbons (Fsp3) is 0.125. The van der Waals surface area contributed by atoms with Crippen molar-refractivity contribution >= 4 is 6.08 Å². The third-order valence-corrected chi connectivity index (χ3v) is 2.57. The summed E-state index contributed by atoms with van der Waals surface area (Å²) >= 11 is 0. The number of methoxy groups -OCH3 is 1. The number of benzene rings is 2. The van der Waals surface area contributed by atoms with Crippen LogP contribution in [0.15, 0.2) is 60.9 Å². The largest absolute Gasteiger partial charge is 0.497 e. The minimum absolute atomic E-state index is 0.591. The summed E-state index contributed by atoms with van der Waals surface area (Å²) in [7, 11) is 1.66. The van der Waals surface area contributed by atoms with E-state index in [4.69, 9.17) is 9.47 Å². The highest BCUT2D eigenvalue weighted by Crippen LogP contribution is 2.12. The molecule has 0 saturated heterocycles. The van der Waals surface area contributed by atoms with Gasteiger partial charge >= 0.3 is 0 Å². The molecule has 2 heteroatoms. The summed E-state index contributed by atoms with van der Waals surface area (Å²) < 4.78 is 10.6. The Balaban J connectivity index is 1.84. The maximum atomic E-state index is 5.47. The van der Waals surface area contributed by atoms with Crippen LogP contribution in [0.25, 0.3) is 6.08 Å². The van der Waals surface area contributed by atoms with Crippen LogP contribution in [0.2, 0.25) is 0 Å². The van der Waals surface area contributed by atoms with Crippen LogP contribution in [0.4, 0.5) is 0 Å². The van der Waals surface area contributed by atoms with E-state index in [-0.39, 0.29) is 0 Å². The van der Waals surface area contributed by atoms with Crippen LogP contribution in [-0.2, 0) is 11.3 Å². The Morgan fingerprint density at radius 3 is 2.33 bits per heavy atom. The first kappa shape index (κ1) is 12.2. The van der Waals surface area contributed by atoms with E-state index in [1.54, 1.807) is 13.4 Å². The summed E-state index contributed by atoms with van der Waals surface area (Å²) in [4.78, 5) is 0. The molecule has 0 saturated carbocycles. The zero-order valence-electron chi connectivity index (χ0n) is 10.4. The zero-order valence-corrected chi connectivity index (χ0v) is 10.4. The van der Waals surface area contributed by atoms with E-state index in [0.29, 0.717) is 6.61 Å². The number of rotatable bonds is 5. The Bertz CT molecular complexity index is 486. The van der Waals surface area contributed by atoms with Crippen molar-refractivity contribution < 1.29 is 9.47 Å². The molecule has 2 rings (SSSR count). The molecule has 2 aromatic carbocycles. The average molecular weight is 240 g/mol. The molecular weight excluding hydrogens is 224 g/mol. The molecule has 0 N–H and O–H groups in total. The van der Waals surface area contributed by atoms with Gasteiger partial charge in [-0.3, -0.25) is 0 Å². The van der Waals surface area contributed by atoms with Crippen molar-refractivity contribution in [2.45, 2.75) is 6.61 Å². The topological polar surface area (TPSA) is 18.5 Å². The first-order chi connectivity index (χ1) is 8.88. The van der Waals surface area contributed by atoms with Gasteiger partial charge in [-0.15, -0.1) is 0 Å². The Morgan fingerprint density at radius 1 is 0.944 bits per heavy atom. The summed E-state index contributed by atoms with van der Waals surface area (Å²) in [5.74, 6) is 0.859. The number of hydrogen-bond acceptors (Lipinski definition) is 2. The lowest BCUT2D eigenvalue weighted by molar-refractivity contribution is 0.239. The molecule has 18 heavy (non-hydrogen) atoms. The predicted molar refractivity (Wildman–Crippen MR) is 73.3 cm³/mol. The maximum absolute atomic E-state index is 5.47. The van der Waals surface area contributed by atoms with Gasteiger partial charge in [-0.1, -0.05) is 42.5 Å². The Labute approximate surface area is 107 Å². The lowest BCUT2D eigenvalue weighted by atomic mass is 10.2. The summed E-state index contributed by atoms with van der Waals surface area (Å²) in [6.45, 7) is 0.591. The van der Waals surface area contributed by atoms with E-state index in [2.05, 4.69) is 0 Å². The molecule has 0 amide bonds. The van der Waals surface area contributed by atoms with Gasteiger partial charge < -0.3 is 9.47 Å². The molecule has 0 fully saturated rings. The maximum Gasteiger partial charge on any atom is 0.118 e. The van der Waals surface area contributed by atoms with Gasteiger partial charge in [0.15, 0.2) is 0 Å². The van der Waals surface area contributed by atoms with Crippen molar-refractivity contribution in [2.24, 2.45) is 0 Å². The SMILES string of the molecule is COc1ccc(C=COCc2ccccc2)cc1. The minimum Gasteiger partial charge on any atom is -0.497 e. The second-order valence-corrected chi connectivity index (χ2v) is 3.87. The van der Waals surface area contributed by atoms with E-state index in [0.717, 1.165) is 16.9 Å². The lowest BCUT2D eigenvalue weighted by Gasteiger charge is -2.01. The zero-order chi connectivity index (χ0) is 12.6. The Hall–Kier alpha value is -2.22. The molecule has 0 bridgehead atoms.